The average Bonchev–Trinajstić information content (AvgIpc) is 2.76. The summed E-state index contributed by atoms with van der Waals surface area (Å²) in [5, 5.41) is 4.21. The topological polar surface area (TPSA) is 43.8 Å². The molecule has 18 heavy (non-hydrogen) atoms. The molecule has 1 unspecified atom stereocenters. The van der Waals surface area contributed by atoms with Crippen molar-refractivity contribution in [3.63, 3.8) is 0 Å². The van der Waals surface area contributed by atoms with E-state index in [0.29, 0.717) is 6.04 Å². The molecule has 1 heterocycles. The van der Waals surface area contributed by atoms with Gasteiger partial charge in [0.1, 0.15) is 0 Å². The van der Waals surface area contributed by atoms with Gasteiger partial charge in [-0.3, -0.25) is 4.68 Å². The third-order valence-electron chi connectivity index (χ3n) is 4.42. The molecule has 1 saturated carbocycles. The zero-order valence-corrected chi connectivity index (χ0v) is 11.8. The molecule has 0 amide bonds. The summed E-state index contributed by atoms with van der Waals surface area (Å²) in [4.78, 5) is 0. The van der Waals surface area contributed by atoms with Gasteiger partial charge in [-0.2, -0.15) is 5.10 Å². The van der Waals surface area contributed by atoms with Crippen molar-refractivity contribution in [1.29, 1.82) is 0 Å². The molecular weight excluding hydrogens is 222 g/mol. The highest BCUT2D eigenvalue weighted by atomic mass is 15.2. The Morgan fingerprint density at radius 2 is 2.11 bits per heavy atom. The number of hydrogen-bond donors (Lipinski definition) is 1. The second-order valence-corrected chi connectivity index (χ2v) is 5.96. The molecule has 2 N–H and O–H groups in total. The lowest BCUT2D eigenvalue weighted by molar-refractivity contribution is 0.232. The smallest absolute Gasteiger partial charge is 0.0522 e. The standard InChI is InChI=1S/C15H27N3/c1-3-4-12-5-7-14(8-6-12)15(16)9-13-10-17-18(2)11-13/h10-12,14-15H,3-9,16H2,1-2H3. The van der Waals surface area contributed by atoms with Crippen molar-refractivity contribution in [3.05, 3.63) is 18.0 Å². The predicted molar refractivity (Wildman–Crippen MR) is 75.2 cm³/mol. The van der Waals surface area contributed by atoms with E-state index in [9.17, 15) is 0 Å². The number of nitrogens with zero attached hydrogens (tertiary/aromatic N) is 2. The summed E-state index contributed by atoms with van der Waals surface area (Å²) in [5.74, 6) is 1.69. The highest BCUT2D eigenvalue weighted by Crippen LogP contribution is 2.33. The summed E-state index contributed by atoms with van der Waals surface area (Å²) >= 11 is 0. The monoisotopic (exact) mass is 249 g/mol. The van der Waals surface area contributed by atoms with Crippen molar-refractivity contribution in [2.24, 2.45) is 24.6 Å². The second-order valence-electron chi connectivity index (χ2n) is 5.96. The lowest BCUT2D eigenvalue weighted by Crippen LogP contribution is -2.34. The Labute approximate surface area is 111 Å². The quantitative estimate of drug-likeness (QED) is 0.872. The van der Waals surface area contributed by atoms with Crippen LogP contribution in [0.25, 0.3) is 0 Å². The summed E-state index contributed by atoms with van der Waals surface area (Å²) in [5.41, 5.74) is 7.65. The van der Waals surface area contributed by atoms with Crippen LogP contribution in [0.4, 0.5) is 0 Å². The van der Waals surface area contributed by atoms with Crippen LogP contribution in [0.3, 0.4) is 0 Å². The van der Waals surface area contributed by atoms with Crippen LogP contribution in [0.1, 0.15) is 51.0 Å². The van der Waals surface area contributed by atoms with Crippen molar-refractivity contribution in [3.8, 4) is 0 Å². The molecule has 3 heteroatoms. The highest BCUT2D eigenvalue weighted by molar-refractivity contribution is 5.06. The van der Waals surface area contributed by atoms with Gasteiger partial charge in [0.25, 0.3) is 0 Å². The largest absolute Gasteiger partial charge is 0.327 e. The molecule has 1 fully saturated rings. The zero-order chi connectivity index (χ0) is 13.0. The molecule has 0 bridgehead atoms. The van der Waals surface area contributed by atoms with E-state index in [-0.39, 0.29) is 0 Å². The SMILES string of the molecule is CCCC1CCC(C(N)Cc2cnn(C)c2)CC1. The molecule has 1 aliphatic carbocycles. The Balaban J connectivity index is 1.78. The fourth-order valence-corrected chi connectivity index (χ4v) is 3.33. The van der Waals surface area contributed by atoms with Gasteiger partial charge in [0, 0.05) is 19.3 Å². The molecule has 1 atom stereocenters. The van der Waals surface area contributed by atoms with Crippen molar-refractivity contribution in [1.82, 2.24) is 9.78 Å². The minimum absolute atomic E-state index is 0.316. The lowest BCUT2D eigenvalue weighted by Gasteiger charge is -2.32. The Morgan fingerprint density at radius 1 is 1.39 bits per heavy atom. The van der Waals surface area contributed by atoms with Crippen LogP contribution in [0, 0.1) is 11.8 Å². The molecule has 102 valence electrons. The van der Waals surface area contributed by atoms with Crippen LogP contribution in [0.5, 0.6) is 0 Å². The summed E-state index contributed by atoms with van der Waals surface area (Å²) in [6, 6.07) is 0.316. The first-order chi connectivity index (χ1) is 8.69. The fourth-order valence-electron chi connectivity index (χ4n) is 3.33. The zero-order valence-electron chi connectivity index (χ0n) is 11.8. The first kappa shape index (κ1) is 13.6. The van der Waals surface area contributed by atoms with E-state index in [1.807, 2.05) is 17.9 Å². The van der Waals surface area contributed by atoms with E-state index >= 15 is 0 Å². The first-order valence-electron chi connectivity index (χ1n) is 7.42. The summed E-state index contributed by atoms with van der Waals surface area (Å²) < 4.78 is 1.86. The van der Waals surface area contributed by atoms with Crippen molar-refractivity contribution in [2.45, 2.75) is 57.9 Å². The van der Waals surface area contributed by atoms with Gasteiger partial charge in [0.2, 0.25) is 0 Å². The van der Waals surface area contributed by atoms with Gasteiger partial charge >= 0.3 is 0 Å². The minimum atomic E-state index is 0.316. The molecule has 3 nitrogen and oxygen atoms in total. The van der Waals surface area contributed by atoms with E-state index in [4.69, 9.17) is 5.73 Å². The van der Waals surface area contributed by atoms with Gasteiger partial charge in [-0.25, -0.2) is 0 Å². The Hall–Kier alpha value is -0.830. The van der Waals surface area contributed by atoms with Crippen LogP contribution in [-0.2, 0) is 13.5 Å². The fraction of sp³-hybridized carbons (Fsp3) is 0.800. The van der Waals surface area contributed by atoms with Crippen LogP contribution >= 0.6 is 0 Å². The average molecular weight is 249 g/mol. The maximum Gasteiger partial charge on any atom is 0.0522 e. The van der Waals surface area contributed by atoms with Crippen LogP contribution in [0.15, 0.2) is 12.4 Å². The predicted octanol–water partition coefficient (Wildman–Crippen LogP) is 2.90. The molecule has 1 aromatic rings. The second kappa shape index (κ2) is 6.37. The van der Waals surface area contributed by atoms with Gasteiger partial charge in [0.15, 0.2) is 0 Å². The van der Waals surface area contributed by atoms with Gasteiger partial charge in [-0.15, -0.1) is 0 Å². The minimum Gasteiger partial charge on any atom is -0.327 e. The molecule has 0 aromatic carbocycles. The molecule has 1 aromatic heterocycles. The van der Waals surface area contributed by atoms with E-state index < -0.39 is 0 Å². The van der Waals surface area contributed by atoms with E-state index in [0.717, 1.165) is 18.3 Å². The number of nitrogens with two attached hydrogens (primary N) is 1. The van der Waals surface area contributed by atoms with E-state index in [1.54, 1.807) is 0 Å². The molecule has 0 spiro atoms. The third kappa shape index (κ3) is 3.58. The van der Waals surface area contributed by atoms with E-state index in [2.05, 4.69) is 18.2 Å². The molecule has 0 saturated heterocycles. The normalized spacial score (nSPS) is 26.2. The third-order valence-corrected chi connectivity index (χ3v) is 4.42. The number of rotatable bonds is 5. The molecular formula is C15H27N3. The van der Waals surface area contributed by atoms with Gasteiger partial charge in [-0.05, 0) is 36.7 Å². The van der Waals surface area contributed by atoms with Crippen LogP contribution < -0.4 is 5.73 Å². The molecule has 0 aliphatic heterocycles. The summed E-state index contributed by atoms with van der Waals surface area (Å²) in [6.45, 7) is 2.29. The lowest BCUT2D eigenvalue weighted by atomic mass is 9.76. The highest BCUT2D eigenvalue weighted by Gasteiger charge is 2.25. The maximum atomic E-state index is 6.37. The Kier molecular flexibility index (Phi) is 4.81. The van der Waals surface area contributed by atoms with Crippen molar-refractivity contribution in [2.75, 3.05) is 0 Å². The van der Waals surface area contributed by atoms with E-state index in [1.165, 1.54) is 44.1 Å². The van der Waals surface area contributed by atoms with Crippen molar-refractivity contribution >= 4 is 0 Å². The first-order valence-corrected chi connectivity index (χ1v) is 7.42. The van der Waals surface area contributed by atoms with Gasteiger partial charge in [-0.1, -0.05) is 32.6 Å². The Morgan fingerprint density at radius 3 is 2.67 bits per heavy atom. The van der Waals surface area contributed by atoms with Gasteiger partial charge < -0.3 is 5.73 Å². The summed E-state index contributed by atoms with van der Waals surface area (Å²) in [7, 11) is 1.96. The van der Waals surface area contributed by atoms with Crippen molar-refractivity contribution < 1.29 is 0 Å². The molecule has 1 aliphatic rings. The number of aryl methyl sites for hydroxylation is 1. The van der Waals surface area contributed by atoms with Crippen LogP contribution in [-0.4, -0.2) is 15.8 Å². The molecule has 2 rings (SSSR count). The molecule has 0 radical (unpaired) electrons. The van der Waals surface area contributed by atoms with Crippen LogP contribution in [0.2, 0.25) is 0 Å². The van der Waals surface area contributed by atoms with Gasteiger partial charge in [0.05, 0.1) is 6.20 Å². The number of hydrogen-bond acceptors (Lipinski definition) is 2. The summed E-state index contributed by atoms with van der Waals surface area (Å²) in [6.07, 6.45) is 13.2. The Bertz CT molecular complexity index is 350. The maximum absolute atomic E-state index is 6.37. The number of aromatic nitrogens is 2.